The lowest BCUT2D eigenvalue weighted by Crippen LogP contribution is -2.55. The smallest absolute Gasteiger partial charge is 0.335 e. The number of carboxylic acid groups (broad SMARTS) is 1. The van der Waals surface area contributed by atoms with E-state index >= 15 is 0 Å². The average molecular weight is 370 g/mol. The molecule has 8 nitrogen and oxygen atoms in total. The zero-order valence-corrected chi connectivity index (χ0v) is 15.2. The standard InChI is InChI=1S/C16H22N2O6S/c1-16(2,24-3)15(21)17-8-10-18(11-9-17)25(22,23)13-6-4-12(5-7-13)14(19)20/h4-7H,8-11H2,1-3H3,(H,19,20). The molecule has 138 valence electrons. The Labute approximate surface area is 147 Å². The maximum absolute atomic E-state index is 12.6. The van der Waals surface area contributed by atoms with Gasteiger partial charge in [-0.3, -0.25) is 4.79 Å². The van der Waals surface area contributed by atoms with E-state index < -0.39 is 21.6 Å². The van der Waals surface area contributed by atoms with E-state index in [0.717, 1.165) is 0 Å². The predicted octanol–water partition coefficient (Wildman–Crippen LogP) is 0.643. The lowest BCUT2D eigenvalue weighted by molar-refractivity contribution is -0.152. The van der Waals surface area contributed by atoms with Crippen molar-refractivity contribution in [1.82, 2.24) is 9.21 Å². The van der Waals surface area contributed by atoms with Gasteiger partial charge in [0, 0.05) is 33.3 Å². The Bertz CT molecular complexity index is 749. The van der Waals surface area contributed by atoms with Crippen molar-refractivity contribution in [3.63, 3.8) is 0 Å². The number of hydrogen-bond donors (Lipinski definition) is 1. The number of ether oxygens (including phenoxy) is 1. The summed E-state index contributed by atoms with van der Waals surface area (Å²) >= 11 is 0. The molecule has 0 bridgehead atoms. The summed E-state index contributed by atoms with van der Waals surface area (Å²) in [6, 6.07) is 5.08. The van der Waals surface area contributed by atoms with Crippen LogP contribution in [0.1, 0.15) is 24.2 Å². The molecule has 25 heavy (non-hydrogen) atoms. The zero-order valence-electron chi connectivity index (χ0n) is 14.4. The van der Waals surface area contributed by atoms with Crippen molar-refractivity contribution >= 4 is 21.9 Å². The summed E-state index contributed by atoms with van der Waals surface area (Å²) in [6.07, 6.45) is 0. The highest BCUT2D eigenvalue weighted by atomic mass is 32.2. The van der Waals surface area contributed by atoms with Crippen LogP contribution in [0.3, 0.4) is 0 Å². The number of carbonyl (C=O) groups excluding carboxylic acids is 1. The SMILES string of the molecule is COC(C)(C)C(=O)N1CCN(S(=O)(=O)c2ccc(C(=O)O)cc2)CC1. The molecule has 1 N–H and O–H groups in total. The van der Waals surface area contributed by atoms with E-state index in [-0.39, 0.29) is 42.5 Å². The number of nitrogens with zero attached hydrogens (tertiary/aromatic N) is 2. The third-order valence-corrected chi connectivity index (χ3v) is 6.20. The molecule has 0 atom stereocenters. The number of hydrogen-bond acceptors (Lipinski definition) is 5. The maximum atomic E-state index is 12.6. The minimum Gasteiger partial charge on any atom is -0.478 e. The first-order chi connectivity index (χ1) is 11.6. The molecular weight excluding hydrogens is 348 g/mol. The highest BCUT2D eigenvalue weighted by Gasteiger charge is 2.36. The van der Waals surface area contributed by atoms with Gasteiger partial charge in [-0.1, -0.05) is 0 Å². The summed E-state index contributed by atoms with van der Waals surface area (Å²) < 4.78 is 31.8. The Balaban J connectivity index is 2.09. The van der Waals surface area contributed by atoms with E-state index in [1.165, 1.54) is 35.7 Å². The molecule has 1 fully saturated rings. The molecule has 0 spiro atoms. The summed E-state index contributed by atoms with van der Waals surface area (Å²) in [5, 5.41) is 8.89. The van der Waals surface area contributed by atoms with Crippen LogP contribution in [0.4, 0.5) is 0 Å². The van der Waals surface area contributed by atoms with Crippen molar-refractivity contribution in [1.29, 1.82) is 0 Å². The van der Waals surface area contributed by atoms with Gasteiger partial charge in [-0.2, -0.15) is 4.31 Å². The fourth-order valence-corrected chi connectivity index (χ4v) is 3.94. The number of carbonyl (C=O) groups is 2. The summed E-state index contributed by atoms with van der Waals surface area (Å²) in [7, 11) is -2.27. The quantitative estimate of drug-likeness (QED) is 0.816. The Morgan fingerprint density at radius 3 is 2.04 bits per heavy atom. The molecule has 1 saturated heterocycles. The van der Waals surface area contributed by atoms with E-state index in [9.17, 15) is 18.0 Å². The van der Waals surface area contributed by atoms with Crippen LogP contribution in [0.2, 0.25) is 0 Å². The van der Waals surface area contributed by atoms with Crippen molar-refractivity contribution in [2.45, 2.75) is 24.3 Å². The van der Waals surface area contributed by atoms with Crippen LogP contribution in [0, 0.1) is 0 Å². The van der Waals surface area contributed by atoms with E-state index in [0.29, 0.717) is 0 Å². The van der Waals surface area contributed by atoms with E-state index in [4.69, 9.17) is 9.84 Å². The van der Waals surface area contributed by atoms with Gasteiger partial charge in [0.15, 0.2) is 0 Å². The Morgan fingerprint density at radius 2 is 1.60 bits per heavy atom. The molecule has 1 aliphatic rings. The summed E-state index contributed by atoms with van der Waals surface area (Å²) in [5.41, 5.74) is -0.926. The van der Waals surface area contributed by atoms with Gasteiger partial charge in [-0.25, -0.2) is 13.2 Å². The number of aromatic carboxylic acids is 1. The molecule has 0 saturated carbocycles. The lowest BCUT2D eigenvalue weighted by atomic mass is 10.1. The van der Waals surface area contributed by atoms with Crippen molar-refractivity contribution in [2.75, 3.05) is 33.3 Å². The summed E-state index contributed by atoms with van der Waals surface area (Å²) in [4.78, 5) is 24.8. The van der Waals surface area contributed by atoms with Gasteiger partial charge in [0.2, 0.25) is 10.0 Å². The first-order valence-electron chi connectivity index (χ1n) is 7.77. The van der Waals surface area contributed by atoms with Gasteiger partial charge in [-0.15, -0.1) is 0 Å². The number of benzene rings is 1. The molecule has 9 heteroatoms. The van der Waals surface area contributed by atoms with Crippen molar-refractivity contribution in [2.24, 2.45) is 0 Å². The molecule has 0 radical (unpaired) electrons. The number of amides is 1. The summed E-state index contributed by atoms with van der Waals surface area (Å²) in [5.74, 6) is -1.30. The van der Waals surface area contributed by atoms with E-state index in [1.807, 2.05) is 0 Å². The van der Waals surface area contributed by atoms with Crippen molar-refractivity contribution in [3.8, 4) is 0 Å². The third-order valence-electron chi connectivity index (χ3n) is 4.29. The van der Waals surface area contributed by atoms with Crippen LogP contribution >= 0.6 is 0 Å². The molecule has 1 aromatic carbocycles. The molecule has 1 aromatic rings. The van der Waals surface area contributed by atoms with Crippen LogP contribution in [0.5, 0.6) is 0 Å². The molecule has 0 unspecified atom stereocenters. The summed E-state index contributed by atoms with van der Waals surface area (Å²) in [6.45, 7) is 4.24. The minimum atomic E-state index is -3.72. The topological polar surface area (TPSA) is 104 Å². The molecular formula is C16H22N2O6S. The highest BCUT2D eigenvalue weighted by Crippen LogP contribution is 2.20. The van der Waals surface area contributed by atoms with Crippen LogP contribution in [0.25, 0.3) is 0 Å². The van der Waals surface area contributed by atoms with Gasteiger partial charge in [0.05, 0.1) is 10.5 Å². The Hall–Kier alpha value is -1.97. The van der Waals surface area contributed by atoms with Crippen LogP contribution in [0.15, 0.2) is 29.2 Å². The molecule has 1 heterocycles. The second-order valence-corrected chi connectivity index (χ2v) is 8.18. The Morgan fingerprint density at radius 1 is 1.08 bits per heavy atom. The monoisotopic (exact) mass is 370 g/mol. The fraction of sp³-hybridized carbons (Fsp3) is 0.500. The minimum absolute atomic E-state index is 0.0242. The van der Waals surface area contributed by atoms with Crippen molar-refractivity contribution in [3.05, 3.63) is 29.8 Å². The van der Waals surface area contributed by atoms with Crippen LogP contribution in [-0.4, -0.2) is 73.5 Å². The highest BCUT2D eigenvalue weighted by molar-refractivity contribution is 7.89. The van der Waals surface area contributed by atoms with Gasteiger partial charge in [0.25, 0.3) is 5.91 Å². The number of sulfonamides is 1. The van der Waals surface area contributed by atoms with Gasteiger partial charge in [0.1, 0.15) is 5.60 Å². The fourth-order valence-electron chi connectivity index (χ4n) is 2.52. The van der Waals surface area contributed by atoms with E-state index in [2.05, 4.69) is 0 Å². The molecule has 1 aliphatic heterocycles. The molecule has 0 aliphatic carbocycles. The number of carboxylic acids is 1. The molecule has 0 aromatic heterocycles. The Kier molecular flexibility index (Phi) is 5.50. The number of piperazine rings is 1. The van der Waals surface area contributed by atoms with Gasteiger partial charge in [-0.05, 0) is 38.1 Å². The van der Waals surface area contributed by atoms with Gasteiger partial charge < -0.3 is 14.7 Å². The normalized spacial score (nSPS) is 16.7. The predicted molar refractivity (Wildman–Crippen MR) is 89.8 cm³/mol. The third kappa shape index (κ3) is 4.00. The molecule has 1 amide bonds. The first kappa shape index (κ1) is 19.4. The maximum Gasteiger partial charge on any atom is 0.335 e. The van der Waals surface area contributed by atoms with Gasteiger partial charge >= 0.3 is 5.97 Å². The number of rotatable bonds is 5. The average Bonchev–Trinajstić information content (AvgIpc) is 2.61. The van der Waals surface area contributed by atoms with Crippen LogP contribution < -0.4 is 0 Å². The molecule has 2 rings (SSSR count). The zero-order chi connectivity index (χ0) is 18.8. The first-order valence-corrected chi connectivity index (χ1v) is 9.21. The van der Waals surface area contributed by atoms with E-state index in [1.54, 1.807) is 18.7 Å². The second-order valence-electron chi connectivity index (χ2n) is 6.24. The number of methoxy groups -OCH3 is 1. The second kappa shape index (κ2) is 7.11. The van der Waals surface area contributed by atoms with Crippen LogP contribution in [-0.2, 0) is 19.6 Å². The van der Waals surface area contributed by atoms with Crippen molar-refractivity contribution < 1.29 is 27.9 Å². The lowest BCUT2D eigenvalue weighted by Gasteiger charge is -2.37. The largest absolute Gasteiger partial charge is 0.478 e.